The van der Waals surface area contributed by atoms with Crippen LogP contribution in [0, 0.1) is 0 Å². The maximum atomic E-state index is 13.0. The van der Waals surface area contributed by atoms with Crippen molar-refractivity contribution in [3.05, 3.63) is 59.7 Å². The Kier molecular flexibility index (Phi) is 4.94. The molecular weight excluding hydrogens is 343 g/mol. The van der Waals surface area contributed by atoms with Gasteiger partial charge in [-0.05, 0) is 43.0 Å². The molecule has 1 N–H and O–H groups in total. The molecule has 1 amide bonds. The Morgan fingerprint density at radius 3 is 2.42 bits per heavy atom. The molecule has 0 atom stereocenters. The first-order valence-corrected chi connectivity index (χ1v) is 8.58. The maximum Gasteiger partial charge on any atom is 0.416 e. The van der Waals surface area contributed by atoms with Gasteiger partial charge in [-0.3, -0.25) is 4.79 Å². The van der Waals surface area contributed by atoms with Crippen LogP contribution in [0.2, 0.25) is 0 Å². The number of halogens is 3. The van der Waals surface area contributed by atoms with Crippen LogP contribution >= 0.6 is 0 Å². The summed E-state index contributed by atoms with van der Waals surface area (Å²) >= 11 is 0. The molecule has 1 aliphatic rings. The SMILES string of the molecule is CCCOc1ccc(C(F)(F)F)cc1NC(=O)C1(c2ccccc2)CC1. The highest BCUT2D eigenvalue weighted by molar-refractivity contribution is 6.02. The third-order valence-electron chi connectivity index (χ3n) is 4.53. The highest BCUT2D eigenvalue weighted by Gasteiger charge is 2.51. The molecule has 0 heterocycles. The van der Waals surface area contributed by atoms with Crippen LogP contribution in [0.3, 0.4) is 0 Å². The number of hydrogen-bond acceptors (Lipinski definition) is 2. The zero-order chi connectivity index (χ0) is 18.8. The van der Waals surface area contributed by atoms with E-state index in [9.17, 15) is 18.0 Å². The summed E-state index contributed by atoms with van der Waals surface area (Å²) in [6, 6.07) is 12.5. The summed E-state index contributed by atoms with van der Waals surface area (Å²) in [4.78, 5) is 12.8. The number of amides is 1. The molecule has 1 fully saturated rings. The van der Waals surface area contributed by atoms with E-state index < -0.39 is 17.2 Å². The molecule has 6 heteroatoms. The number of carbonyl (C=O) groups is 1. The molecule has 1 aliphatic carbocycles. The van der Waals surface area contributed by atoms with Gasteiger partial charge in [-0.25, -0.2) is 0 Å². The minimum atomic E-state index is -4.49. The van der Waals surface area contributed by atoms with E-state index in [0.717, 1.165) is 17.7 Å². The summed E-state index contributed by atoms with van der Waals surface area (Å²) in [5, 5.41) is 2.67. The molecule has 0 unspecified atom stereocenters. The van der Waals surface area contributed by atoms with Crippen molar-refractivity contribution in [2.75, 3.05) is 11.9 Å². The van der Waals surface area contributed by atoms with E-state index in [0.29, 0.717) is 25.9 Å². The average Bonchev–Trinajstić information content (AvgIpc) is 3.42. The summed E-state index contributed by atoms with van der Waals surface area (Å²) in [7, 11) is 0. The summed E-state index contributed by atoms with van der Waals surface area (Å²) in [5.74, 6) is -0.0542. The highest BCUT2D eigenvalue weighted by Crippen LogP contribution is 2.49. The smallest absolute Gasteiger partial charge is 0.416 e. The number of benzene rings is 2. The van der Waals surface area contributed by atoms with Crippen LogP contribution in [0.25, 0.3) is 0 Å². The van der Waals surface area contributed by atoms with Crippen molar-refractivity contribution in [3.8, 4) is 5.75 Å². The number of anilines is 1. The fourth-order valence-electron chi connectivity index (χ4n) is 2.91. The summed E-state index contributed by atoms with van der Waals surface area (Å²) in [5.41, 5.74) is -0.556. The Labute approximate surface area is 150 Å². The van der Waals surface area contributed by atoms with Gasteiger partial charge in [0.25, 0.3) is 0 Å². The molecule has 3 rings (SSSR count). The number of carbonyl (C=O) groups excluding carboxylic acids is 1. The van der Waals surface area contributed by atoms with Crippen LogP contribution in [-0.2, 0) is 16.4 Å². The Morgan fingerprint density at radius 1 is 1.15 bits per heavy atom. The van der Waals surface area contributed by atoms with Gasteiger partial charge in [-0.1, -0.05) is 37.3 Å². The maximum absolute atomic E-state index is 13.0. The fraction of sp³-hybridized carbons (Fsp3) is 0.350. The molecule has 0 saturated heterocycles. The van der Waals surface area contributed by atoms with Crippen molar-refractivity contribution < 1.29 is 22.7 Å². The molecule has 2 aromatic carbocycles. The van der Waals surface area contributed by atoms with Crippen LogP contribution < -0.4 is 10.1 Å². The van der Waals surface area contributed by atoms with Gasteiger partial charge in [0.1, 0.15) is 5.75 Å². The third-order valence-corrected chi connectivity index (χ3v) is 4.53. The average molecular weight is 363 g/mol. The molecule has 0 bridgehead atoms. The second kappa shape index (κ2) is 7.02. The largest absolute Gasteiger partial charge is 0.491 e. The number of nitrogens with one attached hydrogen (secondary N) is 1. The summed E-state index contributed by atoms with van der Waals surface area (Å²) in [6.07, 6.45) is -2.43. The molecule has 138 valence electrons. The van der Waals surface area contributed by atoms with E-state index >= 15 is 0 Å². The zero-order valence-electron chi connectivity index (χ0n) is 14.4. The van der Waals surface area contributed by atoms with E-state index in [1.807, 2.05) is 37.3 Å². The number of rotatable bonds is 6. The van der Waals surface area contributed by atoms with E-state index in [1.54, 1.807) is 0 Å². The number of ether oxygens (including phenoxy) is 1. The van der Waals surface area contributed by atoms with E-state index in [2.05, 4.69) is 5.32 Å². The lowest BCUT2D eigenvalue weighted by Crippen LogP contribution is -2.28. The first-order chi connectivity index (χ1) is 12.4. The van der Waals surface area contributed by atoms with Gasteiger partial charge in [0.2, 0.25) is 5.91 Å². The van der Waals surface area contributed by atoms with Crippen LogP contribution in [0.5, 0.6) is 5.75 Å². The first kappa shape index (κ1) is 18.3. The molecule has 26 heavy (non-hydrogen) atoms. The van der Waals surface area contributed by atoms with Crippen molar-refractivity contribution >= 4 is 11.6 Å². The summed E-state index contributed by atoms with van der Waals surface area (Å²) in [6.45, 7) is 2.26. The van der Waals surface area contributed by atoms with Gasteiger partial charge in [0, 0.05) is 0 Å². The third kappa shape index (κ3) is 3.69. The molecule has 1 saturated carbocycles. The predicted octanol–water partition coefficient (Wildman–Crippen LogP) is 5.16. The van der Waals surface area contributed by atoms with Gasteiger partial charge in [0.05, 0.1) is 23.3 Å². The lowest BCUT2D eigenvalue weighted by molar-refractivity contribution is -0.137. The normalized spacial score (nSPS) is 15.4. The van der Waals surface area contributed by atoms with Crippen molar-refractivity contribution in [3.63, 3.8) is 0 Å². The quantitative estimate of drug-likeness (QED) is 0.769. The van der Waals surface area contributed by atoms with Crippen molar-refractivity contribution in [2.45, 2.75) is 37.8 Å². The second-order valence-electron chi connectivity index (χ2n) is 6.46. The molecule has 3 nitrogen and oxygen atoms in total. The van der Waals surface area contributed by atoms with Gasteiger partial charge >= 0.3 is 6.18 Å². The second-order valence-corrected chi connectivity index (χ2v) is 6.46. The van der Waals surface area contributed by atoms with Crippen molar-refractivity contribution in [1.82, 2.24) is 0 Å². The molecule has 0 aromatic heterocycles. The molecule has 2 aromatic rings. The first-order valence-electron chi connectivity index (χ1n) is 8.58. The van der Waals surface area contributed by atoms with Crippen LogP contribution in [0.15, 0.2) is 48.5 Å². The fourth-order valence-corrected chi connectivity index (χ4v) is 2.91. The molecule has 0 aliphatic heterocycles. The standard InChI is InChI=1S/C20H20F3NO2/c1-2-12-26-17-9-8-15(20(21,22)23)13-16(17)24-18(25)19(10-11-19)14-6-4-3-5-7-14/h3-9,13H,2,10-12H2,1H3,(H,24,25). The predicted molar refractivity (Wildman–Crippen MR) is 93.2 cm³/mol. The number of alkyl halides is 3. The summed E-state index contributed by atoms with van der Waals surface area (Å²) < 4.78 is 44.7. The zero-order valence-corrected chi connectivity index (χ0v) is 14.4. The topological polar surface area (TPSA) is 38.3 Å². The van der Waals surface area contributed by atoms with Crippen molar-refractivity contribution in [2.24, 2.45) is 0 Å². The Balaban J connectivity index is 1.89. The van der Waals surface area contributed by atoms with Crippen molar-refractivity contribution in [1.29, 1.82) is 0 Å². The van der Waals surface area contributed by atoms with E-state index in [1.165, 1.54) is 6.07 Å². The minimum Gasteiger partial charge on any atom is -0.491 e. The van der Waals surface area contributed by atoms with Gasteiger partial charge in [0.15, 0.2) is 0 Å². The van der Waals surface area contributed by atoms with E-state index in [4.69, 9.17) is 4.74 Å². The number of hydrogen-bond donors (Lipinski definition) is 1. The minimum absolute atomic E-state index is 0.0560. The Bertz CT molecular complexity index is 783. The van der Waals surface area contributed by atoms with Crippen LogP contribution in [0.1, 0.15) is 37.3 Å². The molecule has 0 spiro atoms. The van der Waals surface area contributed by atoms with Gasteiger partial charge in [-0.15, -0.1) is 0 Å². The van der Waals surface area contributed by atoms with Gasteiger partial charge < -0.3 is 10.1 Å². The lowest BCUT2D eigenvalue weighted by atomic mass is 9.95. The monoisotopic (exact) mass is 363 g/mol. The van der Waals surface area contributed by atoms with Gasteiger partial charge in [-0.2, -0.15) is 13.2 Å². The molecular formula is C20H20F3NO2. The lowest BCUT2D eigenvalue weighted by Gasteiger charge is -2.19. The van der Waals surface area contributed by atoms with Crippen LogP contribution in [0.4, 0.5) is 18.9 Å². The van der Waals surface area contributed by atoms with E-state index in [-0.39, 0.29) is 17.3 Å². The molecule has 0 radical (unpaired) electrons. The van der Waals surface area contributed by atoms with Crippen LogP contribution in [-0.4, -0.2) is 12.5 Å². The highest BCUT2D eigenvalue weighted by atomic mass is 19.4. The Morgan fingerprint density at radius 2 is 1.85 bits per heavy atom. The Hall–Kier alpha value is -2.50.